The largest absolute Gasteiger partial charge is 1.00 e. The molecule has 3 nitrogen and oxygen atoms in total. The van der Waals surface area contributed by atoms with E-state index >= 15 is 0 Å². The molecule has 4 heteroatoms. The van der Waals surface area contributed by atoms with E-state index in [-0.39, 0.29) is 37.5 Å². The summed E-state index contributed by atoms with van der Waals surface area (Å²) in [5.41, 5.74) is 0. The molecule has 0 aliphatic carbocycles. The van der Waals surface area contributed by atoms with Crippen molar-refractivity contribution in [3.8, 4) is 0 Å². The van der Waals surface area contributed by atoms with E-state index in [4.69, 9.17) is 5.11 Å². The average molecular weight is 281 g/mol. The molecule has 110 valence electrons. The smallest absolute Gasteiger partial charge is 1.00 e. The molecule has 1 N–H and O–H groups in total. The number of hydrogen-bond acceptors (Lipinski definition) is 2. The number of likely N-dealkylation sites (N-methyl/N-ethyl adjacent to an activating group) is 1. The Bertz CT molecular complexity index is 206. The summed E-state index contributed by atoms with van der Waals surface area (Å²) in [6, 6.07) is 0. The van der Waals surface area contributed by atoms with Crippen molar-refractivity contribution >= 4 is 5.97 Å². The molecule has 0 bridgehead atoms. The van der Waals surface area contributed by atoms with Crippen LogP contribution in [-0.4, -0.2) is 36.1 Å². The van der Waals surface area contributed by atoms with Gasteiger partial charge in [-0.05, 0) is 20.0 Å². The Labute approximate surface area is 142 Å². The number of carboxylic acid groups (broad SMARTS) is 1. The predicted octanol–water partition coefficient (Wildman–Crippen LogP) is 1.04. The van der Waals surface area contributed by atoms with E-state index in [9.17, 15) is 4.79 Å². The SMILES string of the molecule is CCCCCCCCCCCCN(C)CC(=O)O.[H-].[Na+]. The van der Waals surface area contributed by atoms with Crippen molar-refractivity contribution in [3.05, 3.63) is 0 Å². The quantitative estimate of drug-likeness (QED) is 0.405. The number of aliphatic carboxylic acids is 1. The number of unbranched alkanes of at least 4 members (excludes halogenated alkanes) is 9. The number of carbonyl (C=O) groups is 1. The zero-order valence-electron chi connectivity index (χ0n) is 14.3. The molecule has 0 radical (unpaired) electrons. The van der Waals surface area contributed by atoms with Gasteiger partial charge >= 0.3 is 35.5 Å². The minimum Gasteiger partial charge on any atom is -1.00 e. The molecule has 0 unspecified atom stereocenters. The Morgan fingerprint density at radius 3 is 1.79 bits per heavy atom. The minimum absolute atomic E-state index is 0. The van der Waals surface area contributed by atoms with Crippen LogP contribution in [0.4, 0.5) is 0 Å². The summed E-state index contributed by atoms with van der Waals surface area (Å²) >= 11 is 0. The molecule has 0 fully saturated rings. The van der Waals surface area contributed by atoms with Gasteiger partial charge in [-0.25, -0.2) is 0 Å². The first-order valence-electron chi connectivity index (χ1n) is 7.57. The molecule has 0 saturated carbocycles. The summed E-state index contributed by atoms with van der Waals surface area (Å²) in [6.07, 6.45) is 13.3. The van der Waals surface area contributed by atoms with Gasteiger partial charge in [-0.1, -0.05) is 64.7 Å². The van der Waals surface area contributed by atoms with Gasteiger partial charge in [-0.2, -0.15) is 0 Å². The summed E-state index contributed by atoms with van der Waals surface area (Å²) in [6.45, 7) is 3.32. The van der Waals surface area contributed by atoms with Crippen molar-refractivity contribution in [3.63, 3.8) is 0 Å². The van der Waals surface area contributed by atoms with Gasteiger partial charge in [-0.15, -0.1) is 0 Å². The van der Waals surface area contributed by atoms with Crippen molar-refractivity contribution in [1.29, 1.82) is 0 Å². The van der Waals surface area contributed by atoms with E-state index in [0.29, 0.717) is 0 Å². The van der Waals surface area contributed by atoms with Gasteiger partial charge in [-0.3, -0.25) is 9.69 Å². The summed E-state index contributed by atoms with van der Waals surface area (Å²) in [5.74, 6) is -0.732. The first kappa shape index (κ1) is 21.7. The van der Waals surface area contributed by atoms with Gasteiger partial charge in [0, 0.05) is 0 Å². The van der Waals surface area contributed by atoms with Crippen LogP contribution in [0.5, 0.6) is 0 Å². The fraction of sp³-hybridized carbons (Fsp3) is 0.933. The van der Waals surface area contributed by atoms with Gasteiger partial charge < -0.3 is 6.53 Å². The fourth-order valence-electron chi connectivity index (χ4n) is 2.18. The number of hydrogen-bond donors (Lipinski definition) is 1. The molecule has 0 rings (SSSR count). The van der Waals surface area contributed by atoms with Crippen molar-refractivity contribution in [2.24, 2.45) is 0 Å². The Hall–Kier alpha value is 0.430. The molecule has 0 spiro atoms. The average Bonchev–Trinajstić information content (AvgIpc) is 2.30. The Morgan fingerprint density at radius 2 is 1.37 bits per heavy atom. The maximum atomic E-state index is 10.5. The Kier molecular flexibility index (Phi) is 18.8. The molecular weight excluding hydrogens is 249 g/mol. The van der Waals surface area contributed by atoms with Crippen LogP contribution in [0.2, 0.25) is 0 Å². The number of rotatable bonds is 13. The van der Waals surface area contributed by atoms with Crippen molar-refractivity contribution < 1.29 is 40.9 Å². The third kappa shape index (κ3) is 18.4. The van der Waals surface area contributed by atoms with Crippen LogP contribution in [0.3, 0.4) is 0 Å². The van der Waals surface area contributed by atoms with E-state index in [1.165, 1.54) is 57.8 Å². The van der Waals surface area contributed by atoms with E-state index in [0.717, 1.165) is 13.0 Å². The van der Waals surface area contributed by atoms with Crippen LogP contribution >= 0.6 is 0 Å². The zero-order chi connectivity index (χ0) is 13.6. The van der Waals surface area contributed by atoms with Gasteiger partial charge in [0.15, 0.2) is 0 Å². The third-order valence-corrected chi connectivity index (χ3v) is 3.30. The summed E-state index contributed by atoms with van der Waals surface area (Å²) < 4.78 is 0. The van der Waals surface area contributed by atoms with E-state index in [2.05, 4.69) is 6.92 Å². The Balaban J connectivity index is -0.00000144. The summed E-state index contributed by atoms with van der Waals surface area (Å²) in [5, 5.41) is 8.60. The summed E-state index contributed by atoms with van der Waals surface area (Å²) in [7, 11) is 1.88. The first-order valence-corrected chi connectivity index (χ1v) is 7.57. The minimum atomic E-state index is -0.732. The third-order valence-electron chi connectivity index (χ3n) is 3.30. The molecule has 19 heavy (non-hydrogen) atoms. The van der Waals surface area contributed by atoms with Crippen LogP contribution in [0.15, 0.2) is 0 Å². The van der Waals surface area contributed by atoms with Gasteiger partial charge in [0.05, 0.1) is 6.54 Å². The maximum absolute atomic E-state index is 10.5. The van der Waals surface area contributed by atoms with Crippen molar-refractivity contribution in [2.75, 3.05) is 20.1 Å². The number of carboxylic acids is 1. The summed E-state index contributed by atoms with van der Waals surface area (Å²) in [4.78, 5) is 12.3. The topological polar surface area (TPSA) is 40.5 Å². The molecule has 0 amide bonds. The van der Waals surface area contributed by atoms with Gasteiger partial charge in [0.1, 0.15) is 0 Å². The van der Waals surface area contributed by atoms with E-state index in [1.54, 1.807) is 0 Å². The van der Waals surface area contributed by atoms with Crippen molar-refractivity contribution in [2.45, 2.75) is 71.1 Å². The standard InChI is InChI=1S/C15H31NO2.Na.H/c1-3-4-5-6-7-8-9-10-11-12-13-16(2)14-15(17)18;;/h3-14H2,1-2H3,(H,17,18);;/q;+1;-1. The van der Waals surface area contributed by atoms with Crippen LogP contribution in [0.1, 0.15) is 72.6 Å². The molecule has 0 aliphatic heterocycles. The molecule has 0 atom stereocenters. The zero-order valence-corrected chi connectivity index (χ0v) is 15.3. The van der Waals surface area contributed by atoms with Crippen LogP contribution in [-0.2, 0) is 4.79 Å². The normalized spacial score (nSPS) is 10.5. The van der Waals surface area contributed by atoms with E-state index < -0.39 is 5.97 Å². The second-order valence-corrected chi connectivity index (χ2v) is 5.31. The molecule has 0 heterocycles. The molecule has 0 saturated heterocycles. The molecule has 0 aromatic rings. The van der Waals surface area contributed by atoms with Gasteiger partial charge in [0.25, 0.3) is 0 Å². The Morgan fingerprint density at radius 1 is 0.947 bits per heavy atom. The molecule has 0 aliphatic rings. The number of nitrogens with zero attached hydrogens (tertiary/aromatic N) is 1. The fourth-order valence-corrected chi connectivity index (χ4v) is 2.18. The monoisotopic (exact) mass is 281 g/mol. The van der Waals surface area contributed by atoms with Crippen LogP contribution in [0.25, 0.3) is 0 Å². The van der Waals surface area contributed by atoms with Gasteiger partial charge in [0.2, 0.25) is 0 Å². The first-order chi connectivity index (χ1) is 8.66. The molecule has 0 aromatic heterocycles. The van der Waals surface area contributed by atoms with Crippen LogP contribution in [0, 0.1) is 0 Å². The second kappa shape index (κ2) is 16.5. The maximum Gasteiger partial charge on any atom is 1.00 e. The molecule has 0 aromatic carbocycles. The van der Waals surface area contributed by atoms with Crippen LogP contribution < -0.4 is 29.6 Å². The van der Waals surface area contributed by atoms with Crippen molar-refractivity contribution in [1.82, 2.24) is 4.90 Å². The molecular formula is C15H32NNaO2. The van der Waals surface area contributed by atoms with E-state index in [1.807, 2.05) is 11.9 Å². The second-order valence-electron chi connectivity index (χ2n) is 5.31. The predicted molar refractivity (Wildman–Crippen MR) is 78.1 cm³/mol.